The fourth-order valence-electron chi connectivity index (χ4n) is 3.78. The lowest BCUT2D eigenvalue weighted by Gasteiger charge is -2.24. The molecular weight excluding hydrogens is 519 g/mol. The van der Waals surface area contributed by atoms with Crippen molar-refractivity contribution in [2.45, 2.75) is 38.3 Å². The lowest BCUT2D eigenvalue weighted by atomic mass is 10.1. The van der Waals surface area contributed by atoms with Crippen molar-refractivity contribution in [2.75, 3.05) is 23.7 Å². The van der Waals surface area contributed by atoms with Gasteiger partial charge in [-0.15, -0.1) is 13.2 Å². The zero-order chi connectivity index (χ0) is 28.2. The Bertz CT molecular complexity index is 1260. The molecule has 0 spiro atoms. The Kier molecular flexibility index (Phi) is 8.48. The van der Waals surface area contributed by atoms with E-state index in [1.807, 2.05) is 0 Å². The minimum atomic E-state index is -5.17. The highest BCUT2D eigenvalue weighted by atomic mass is 19.4. The lowest BCUT2D eigenvalue weighted by molar-refractivity contribution is -0.275. The number of carbonyl (C=O) groups is 3. The third-order valence-corrected chi connectivity index (χ3v) is 5.59. The second-order valence-corrected chi connectivity index (χ2v) is 8.22. The van der Waals surface area contributed by atoms with Gasteiger partial charge in [0.15, 0.2) is 11.6 Å². The fraction of sp³-hybridized carbons (Fsp3) is 0.348. The summed E-state index contributed by atoms with van der Waals surface area (Å²) >= 11 is 0. The number of nitrogens with two attached hydrogens (primary N) is 1. The van der Waals surface area contributed by atoms with Gasteiger partial charge in [0.2, 0.25) is 11.8 Å². The minimum Gasteiger partial charge on any atom is -0.403 e. The normalized spacial score (nSPS) is 17.2. The lowest BCUT2D eigenvalue weighted by Crippen LogP contribution is -2.45. The van der Waals surface area contributed by atoms with Crippen molar-refractivity contribution in [1.29, 1.82) is 5.41 Å². The molecule has 0 bridgehead atoms. The van der Waals surface area contributed by atoms with Crippen molar-refractivity contribution in [1.82, 2.24) is 9.88 Å². The predicted octanol–water partition coefficient (Wildman–Crippen LogP) is 2.52. The number of aryl methyl sites for hydroxylation is 1. The van der Waals surface area contributed by atoms with Gasteiger partial charge in [0.1, 0.15) is 17.9 Å². The Morgan fingerprint density at radius 2 is 1.97 bits per heavy atom. The van der Waals surface area contributed by atoms with Crippen molar-refractivity contribution < 1.29 is 41.1 Å². The molecule has 3 amide bonds. The second-order valence-electron chi connectivity index (χ2n) is 8.22. The molecular formula is C23H23F5N6O4. The van der Waals surface area contributed by atoms with Crippen LogP contribution in [0.1, 0.15) is 24.6 Å². The molecule has 204 valence electrons. The minimum absolute atomic E-state index is 0.0904. The van der Waals surface area contributed by atoms with Crippen LogP contribution in [0.3, 0.4) is 0 Å². The Labute approximate surface area is 212 Å². The zero-order valence-corrected chi connectivity index (χ0v) is 19.9. The summed E-state index contributed by atoms with van der Waals surface area (Å²) in [6, 6.07) is 2.76. The maximum absolute atomic E-state index is 14.4. The molecule has 38 heavy (non-hydrogen) atoms. The molecule has 1 aliphatic rings. The van der Waals surface area contributed by atoms with Gasteiger partial charge in [-0.2, -0.15) is 0 Å². The van der Waals surface area contributed by atoms with Crippen molar-refractivity contribution in [3.8, 4) is 5.75 Å². The number of amides is 3. The molecule has 1 aromatic heterocycles. The first-order valence-corrected chi connectivity index (χ1v) is 11.2. The molecule has 5 N–H and O–H groups in total. The van der Waals surface area contributed by atoms with E-state index >= 15 is 0 Å². The number of alkyl halides is 4. The molecule has 0 aliphatic carbocycles. The topological polar surface area (TPSA) is 150 Å². The van der Waals surface area contributed by atoms with E-state index < -0.39 is 78.8 Å². The van der Waals surface area contributed by atoms with Crippen molar-refractivity contribution in [3.63, 3.8) is 0 Å². The van der Waals surface area contributed by atoms with E-state index in [9.17, 15) is 36.3 Å². The quantitative estimate of drug-likeness (QED) is 0.283. The van der Waals surface area contributed by atoms with Crippen LogP contribution in [0, 0.1) is 11.2 Å². The van der Waals surface area contributed by atoms with Crippen molar-refractivity contribution in [2.24, 2.45) is 5.73 Å². The summed E-state index contributed by atoms with van der Waals surface area (Å²) in [7, 11) is 0. The van der Waals surface area contributed by atoms with Gasteiger partial charge < -0.3 is 26.0 Å². The first kappa shape index (κ1) is 28.3. The Morgan fingerprint density at radius 1 is 1.26 bits per heavy atom. The summed E-state index contributed by atoms with van der Waals surface area (Å²) in [5, 5.41) is 12.7. The number of aromatic nitrogens is 1. The number of pyridine rings is 1. The van der Waals surface area contributed by atoms with Crippen LogP contribution in [0.5, 0.6) is 5.75 Å². The van der Waals surface area contributed by atoms with Crippen LogP contribution in [0.25, 0.3) is 0 Å². The van der Waals surface area contributed by atoms with Gasteiger partial charge in [-0.25, -0.2) is 8.78 Å². The number of hydrogen-bond acceptors (Lipinski definition) is 7. The van der Waals surface area contributed by atoms with Crippen LogP contribution < -0.4 is 21.1 Å². The molecule has 0 radical (unpaired) electrons. The van der Waals surface area contributed by atoms with E-state index in [0.29, 0.717) is 18.2 Å². The second kappa shape index (κ2) is 11.4. The number of primary amides is 1. The van der Waals surface area contributed by atoms with Crippen LogP contribution in [0.15, 0.2) is 30.5 Å². The maximum Gasteiger partial charge on any atom is 0.573 e. The van der Waals surface area contributed by atoms with E-state index in [0.717, 1.165) is 17.0 Å². The number of rotatable bonds is 9. The van der Waals surface area contributed by atoms with Crippen LogP contribution in [0.4, 0.5) is 33.3 Å². The number of hydrogen-bond donors (Lipinski definition) is 4. The molecule has 0 saturated carbocycles. The average molecular weight is 542 g/mol. The molecule has 15 heteroatoms. The molecule has 1 saturated heterocycles. The monoisotopic (exact) mass is 542 g/mol. The highest BCUT2D eigenvalue weighted by molar-refractivity contribution is 6.44. The third-order valence-electron chi connectivity index (χ3n) is 5.59. The fourth-order valence-corrected chi connectivity index (χ4v) is 3.78. The molecule has 1 aliphatic heterocycles. The molecule has 2 unspecified atom stereocenters. The standard InChI is InChI=1S/C23H23F5N6O4/c1-2-12-7-13(20(29)21(30)36)15(8-31-12)32-9-18(35)34-10-11(24)6-16(34)22(37)33-14-4-3-5-17(19(14)25)38-23(26,27)28/h3-5,7-8,11,16,29,32H,2,6,9-10H2,1H3,(H2,30,36)(H,33,37). The Balaban J connectivity index is 1.74. The Hall–Kier alpha value is -4.30. The number of nitrogens with zero attached hydrogens (tertiary/aromatic N) is 2. The van der Waals surface area contributed by atoms with Crippen LogP contribution in [0.2, 0.25) is 0 Å². The largest absolute Gasteiger partial charge is 0.573 e. The van der Waals surface area contributed by atoms with Crippen molar-refractivity contribution in [3.05, 3.63) is 47.5 Å². The summed E-state index contributed by atoms with van der Waals surface area (Å²) in [6.45, 7) is 0.843. The molecule has 1 aromatic carbocycles. The van der Waals surface area contributed by atoms with Gasteiger partial charge in [-0.1, -0.05) is 13.0 Å². The summed E-state index contributed by atoms with van der Waals surface area (Å²) in [5.41, 5.74) is 4.79. The number of nitrogens with one attached hydrogen (secondary N) is 3. The van der Waals surface area contributed by atoms with Gasteiger partial charge >= 0.3 is 6.36 Å². The number of anilines is 2. The number of carbonyl (C=O) groups excluding carboxylic acids is 3. The summed E-state index contributed by atoms with van der Waals surface area (Å²) in [5.74, 6) is -5.47. The van der Waals surface area contributed by atoms with Gasteiger partial charge in [-0.05, 0) is 24.6 Å². The molecule has 2 atom stereocenters. The van der Waals surface area contributed by atoms with Crippen molar-refractivity contribution >= 4 is 34.8 Å². The first-order chi connectivity index (χ1) is 17.8. The highest BCUT2D eigenvalue weighted by Gasteiger charge is 2.40. The smallest absolute Gasteiger partial charge is 0.403 e. The van der Waals surface area contributed by atoms with Gasteiger partial charge in [0, 0.05) is 17.7 Å². The number of ether oxygens (including phenoxy) is 1. The van der Waals surface area contributed by atoms with E-state index in [1.165, 1.54) is 12.3 Å². The van der Waals surface area contributed by atoms with Crippen LogP contribution in [-0.4, -0.2) is 65.0 Å². The van der Waals surface area contributed by atoms with Crippen LogP contribution in [-0.2, 0) is 20.8 Å². The third kappa shape index (κ3) is 6.72. The number of halogens is 5. The molecule has 2 heterocycles. The SMILES string of the molecule is CCc1cc(C(=N)C(N)=O)c(NCC(=O)N2CC(F)CC2C(=O)Nc2cccc(OC(F)(F)F)c2F)cn1. The molecule has 3 rings (SSSR count). The van der Waals surface area contributed by atoms with E-state index in [2.05, 4.69) is 20.4 Å². The van der Waals surface area contributed by atoms with Crippen LogP contribution >= 0.6 is 0 Å². The van der Waals surface area contributed by atoms with Gasteiger partial charge in [0.25, 0.3) is 5.91 Å². The van der Waals surface area contributed by atoms with Gasteiger partial charge in [-0.3, -0.25) is 24.8 Å². The molecule has 10 nitrogen and oxygen atoms in total. The summed E-state index contributed by atoms with van der Waals surface area (Å²) in [4.78, 5) is 42.2. The highest BCUT2D eigenvalue weighted by Crippen LogP contribution is 2.30. The summed E-state index contributed by atoms with van der Waals surface area (Å²) < 4.78 is 69.7. The number of benzene rings is 1. The zero-order valence-electron chi connectivity index (χ0n) is 19.9. The predicted molar refractivity (Wildman–Crippen MR) is 125 cm³/mol. The average Bonchev–Trinajstić information content (AvgIpc) is 3.25. The molecule has 1 fully saturated rings. The number of likely N-dealkylation sites (tertiary alicyclic amines) is 1. The van der Waals surface area contributed by atoms with E-state index in [1.54, 1.807) is 6.92 Å². The summed E-state index contributed by atoms with van der Waals surface area (Å²) in [6.07, 6.45) is -5.41. The van der Waals surface area contributed by atoms with E-state index in [4.69, 9.17) is 11.1 Å². The first-order valence-electron chi connectivity index (χ1n) is 11.2. The maximum atomic E-state index is 14.4. The Morgan fingerprint density at radius 3 is 2.61 bits per heavy atom. The molecule has 2 aromatic rings. The van der Waals surface area contributed by atoms with Gasteiger partial charge in [0.05, 0.1) is 30.7 Å². The van der Waals surface area contributed by atoms with E-state index in [-0.39, 0.29) is 11.3 Å².